The van der Waals surface area contributed by atoms with E-state index in [-0.39, 0.29) is 4.90 Å². The summed E-state index contributed by atoms with van der Waals surface area (Å²) in [6.45, 7) is 0. The van der Waals surface area contributed by atoms with Crippen LogP contribution in [0.4, 0.5) is 0 Å². The highest BCUT2D eigenvalue weighted by atomic mass is 35.5. The first kappa shape index (κ1) is 15.5. The Labute approximate surface area is 117 Å². The molecule has 0 saturated carbocycles. The highest BCUT2D eigenvalue weighted by Gasteiger charge is 2.28. The van der Waals surface area contributed by atoms with E-state index < -0.39 is 20.7 Å². The van der Waals surface area contributed by atoms with Gasteiger partial charge >= 0.3 is 5.97 Å². The summed E-state index contributed by atoms with van der Waals surface area (Å²) in [5.41, 5.74) is 0. The Morgan fingerprint density at radius 1 is 1.26 bits per heavy atom. The summed E-state index contributed by atoms with van der Waals surface area (Å²) >= 11 is 5.71. The van der Waals surface area contributed by atoms with Crippen LogP contribution in [-0.2, 0) is 19.4 Å². The lowest BCUT2D eigenvalue weighted by molar-refractivity contribution is -0.135. The van der Waals surface area contributed by atoms with Crippen molar-refractivity contribution in [2.75, 3.05) is 21.2 Å². The van der Waals surface area contributed by atoms with E-state index in [1.54, 1.807) is 14.1 Å². The van der Waals surface area contributed by atoms with E-state index in [4.69, 9.17) is 11.6 Å². The second kappa shape index (κ2) is 6.08. The number of benzene rings is 1. The van der Waals surface area contributed by atoms with Crippen molar-refractivity contribution in [3.05, 3.63) is 40.4 Å². The molecule has 0 radical (unpaired) electrons. The molecule has 0 aromatic heterocycles. The van der Waals surface area contributed by atoms with Crippen molar-refractivity contribution in [2.45, 2.75) is 4.90 Å². The Bertz CT molecular complexity index is 591. The lowest BCUT2D eigenvalue weighted by Gasteiger charge is -2.11. The normalized spacial score (nSPS) is 12.1. The lowest BCUT2D eigenvalue weighted by atomic mass is 10.4. The topological polar surface area (TPSA) is 63.7 Å². The van der Waals surface area contributed by atoms with Crippen LogP contribution in [0.3, 0.4) is 0 Å². The van der Waals surface area contributed by atoms with Crippen LogP contribution in [0.1, 0.15) is 0 Å². The predicted octanol–water partition coefficient (Wildman–Crippen LogP) is 1.69. The molecule has 1 rings (SSSR count). The van der Waals surface area contributed by atoms with Crippen LogP contribution in [0.2, 0.25) is 5.02 Å². The van der Waals surface area contributed by atoms with Gasteiger partial charge in [0.05, 0.1) is 12.0 Å². The molecule has 0 aliphatic heterocycles. The first-order valence-electron chi connectivity index (χ1n) is 5.26. The number of ether oxygens (including phenoxy) is 1. The van der Waals surface area contributed by atoms with E-state index in [0.29, 0.717) is 5.02 Å². The van der Waals surface area contributed by atoms with Crippen LogP contribution in [0.25, 0.3) is 0 Å². The second-order valence-corrected chi connectivity index (χ2v) is 6.26. The number of halogens is 1. The third-order valence-electron chi connectivity index (χ3n) is 2.18. The molecule has 0 atom stereocenters. The zero-order valence-electron chi connectivity index (χ0n) is 10.8. The molecule has 0 aliphatic rings. The maximum atomic E-state index is 12.3. The maximum Gasteiger partial charge on any atom is 0.351 e. The lowest BCUT2D eigenvalue weighted by Crippen LogP contribution is -2.18. The van der Waals surface area contributed by atoms with Gasteiger partial charge in [-0.2, -0.15) is 0 Å². The minimum atomic E-state index is -3.94. The molecule has 1 aromatic carbocycles. The van der Waals surface area contributed by atoms with Gasteiger partial charge in [0.2, 0.25) is 9.84 Å². The van der Waals surface area contributed by atoms with E-state index >= 15 is 0 Å². The standard InChI is InChI=1S/C12H14ClNO4S/c1-14(2)8-11(12(15)18-3)19(16,17)10-6-4-9(13)5-7-10/h4-8H,1-3H3. The first-order valence-corrected chi connectivity index (χ1v) is 7.12. The predicted molar refractivity (Wildman–Crippen MR) is 72.4 cm³/mol. The highest BCUT2D eigenvalue weighted by molar-refractivity contribution is 7.96. The minimum absolute atomic E-state index is 0.0181. The van der Waals surface area contributed by atoms with Gasteiger partial charge in [-0.25, -0.2) is 13.2 Å². The van der Waals surface area contributed by atoms with Gasteiger partial charge in [-0.15, -0.1) is 0 Å². The Morgan fingerprint density at radius 3 is 2.21 bits per heavy atom. The molecule has 0 spiro atoms. The molecule has 0 amide bonds. The number of hydrogen-bond acceptors (Lipinski definition) is 5. The van der Waals surface area contributed by atoms with Crippen LogP contribution >= 0.6 is 11.6 Å². The first-order chi connectivity index (χ1) is 8.78. The second-order valence-electron chi connectivity index (χ2n) is 3.91. The third kappa shape index (κ3) is 3.71. The van der Waals surface area contributed by atoms with E-state index in [1.807, 2.05) is 0 Å². The van der Waals surface area contributed by atoms with Gasteiger partial charge in [0, 0.05) is 25.3 Å². The number of nitrogens with zero attached hydrogens (tertiary/aromatic N) is 1. The monoisotopic (exact) mass is 303 g/mol. The molecule has 19 heavy (non-hydrogen) atoms. The van der Waals surface area contributed by atoms with Crippen molar-refractivity contribution in [3.8, 4) is 0 Å². The maximum absolute atomic E-state index is 12.3. The van der Waals surface area contributed by atoms with Crippen molar-refractivity contribution in [1.82, 2.24) is 4.90 Å². The number of rotatable bonds is 4. The van der Waals surface area contributed by atoms with Crippen LogP contribution in [0.15, 0.2) is 40.3 Å². The zero-order chi connectivity index (χ0) is 14.6. The fourth-order valence-corrected chi connectivity index (χ4v) is 2.83. The van der Waals surface area contributed by atoms with Crippen molar-refractivity contribution < 1.29 is 17.9 Å². The zero-order valence-corrected chi connectivity index (χ0v) is 12.3. The molecule has 0 aliphatic carbocycles. The molecule has 0 unspecified atom stereocenters. The summed E-state index contributed by atoms with van der Waals surface area (Å²) in [5, 5.41) is 0.412. The summed E-state index contributed by atoms with van der Waals surface area (Å²) in [4.78, 5) is 12.6. The Kier molecular flexibility index (Phi) is 4.97. The smallest absolute Gasteiger partial charge is 0.351 e. The van der Waals surface area contributed by atoms with Crippen LogP contribution in [0.5, 0.6) is 0 Å². The number of sulfone groups is 1. The summed E-state index contributed by atoms with van der Waals surface area (Å²) in [5.74, 6) is -0.913. The molecule has 1 aromatic rings. The molecule has 0 N–H and O–H groups in total. The summed E-state index contributed by atoms with van der Waals surface area (Å²) in [7, 11) is 0.413. The van der Waals surface area contributed by atoms with Crippen LogP contribution in [-0.4, -0.2) is 40.5 Å². The highest BCUT2D eigenvalue weighted by Crippen LogP contribution is 2.22. The van der Waals surface area contributed by atoms with Gasteiger partial charge in [-0.3, -0.25) is 0 Å². The van der Waals surface area contributed by atoms with E-state index in [1.165, 1.54) is 35.4 Å². The van der Waals surface area contributed by atoms with E-state index in [0.717, 1.165) is 7.11 Å². The molecule has 0 heterocycles. The van der Waals surface area contributed by atoms with Gasteiger partial charge < -0.3 is 9.64 Å². The molecular weight excluding hydrogens is 290 g/mol. The number of carbonyl (C=O) groups is 1. The Hall–Kier alpha value is -1.53. The Balaban J connectivity index is 3.36. The molecule has 7 heteroatoms. The average Bonchev–Trinajstić information content (AvgIpc) is 2.35. The van der Waals surface area contributed by atoms with Crippen molar-refractivity contribution >= 4 is 27.4 Å². The molecule has 0 fully saturated rings. The quantitative estimate of drug-likeness (QED) is 0.625. The summed E-state index contributed by atoms with van der Waals surface area (Å²) in [6.07, 6.45) is 1.20. The molecule has 0 saturated heterocycles. The Morgan fingerprint density at radius 2 is 1.79 bits per heavy atom. The van der Waals surface area contributed by atoms with Gasteiger partial charge in [-0.1, -0.05) is 11.6 Å². The number of hydrogen-bond donors (Lipinski definition) is 0. The number of esters is 1. The van der Waals surface area contributed by atoms with E-state index in [2.05, 4.69) is 4.74 Å². The molecule has 0 bridgehead atoms. The van der Waals surface area contributed by atoms with Crippen molar-refractivity contribution in [1.29, 1.82) is 0 Å². The van der Waals surface area contributed by atoms with Crippen molar-refractivity contribution in [3.63, 3.8) is 0 Å². The number of methoxy groups -OCH3 is 1. The minimum Gasteiger partial charge on any atom is -0.465 e. The summed E-state index contributed by atoms with van der Waals surface area (Å²) < 4.78 is 29.2. The SMILES string of the molecule is COC(=O)C(=CN(C)C)S(=O)(=O)c1ccc(Cl)cc1. The third-order valence-corrected chi connectivity index (χ3v) is 4.17. The fraction of sp³-hybridized carbons (Fsp3) is 0.250. The largest absolute Gasteiger partial charge is 0.465 e. The fourth-order valence-electron chi connectivity index (χ4n) is 1.31. The molecule has 104 valence electrons. The summed E-state index contributed by atoms with van der Waals surface area (Å²) in [6, 6.07) is 5.56. The van der Waals surface area contributed by atoms with Crippen LogP contribution < -0.4 is 0 Å². The molecule has 5 nitrogen and oxygen atoms in total. The van der Waals surface area contributed by atoms with Gasteiger partial charge in [0.15, 0.2) is 4.91 Å². The van der Waals surface area contributed by atoms with Gasteiger partial charge in [0.25, 0.3) is 0 Å². The van der Waals surface area contributed by atoms with E-state index in [9.17, 15) is 13.2 Å². The van der Waals surface area contributed by atoms with Gasteiger partial charge in [-0.05, 0) is 24.3 Å². The molecular formula is C12H14ClNO4S. The number of carbonyl (C=O) groups excluding carboxylic acids is 1. The van der Waals surface area contributed by atoms with Crippen LogP contribution in [0, 0.1) is 0 Å². The van der Waals surface area contributed by atoms with Crippen molar-refractivity contribution in [2.24, 2.45) is 0 Å². The van der Waals surface area contributed by atoms with Gasteiger partial charge in [0.1, 0.15) is 0 Å². The average molecular weight is 304 g/mol.